The number of hydrogen-bond acceptors (Lipinski definition) is 4. The summed E-state index contributed by atoms with van der Waals surface area (Å²) in [6, 6.07) is 3.82. The second kappa shape index (κ2) is 4.97. The maximum absolute atomic E-state index is 13.0. The maximum atomic E-state index is 13.0. The van der Waals surface area contributed by atoms with Crippen LogP contribution in [0.1, 0.15) is 16.1 Å². The third kappa shape index (κ3) is 2.49. The van der Waals surface area contributed by atoms with Crippen molar-refractivity contribution in [2.24, 2.45) is 0 Å². The number of methoxy groups -OCH3 is 1. The molecule has 0 atom stereocenters. The van der Waals surface area contributed by atoms with Gasteiger partial charge in [0.15, 0.2) is 5.82 Å². The van der Waals surface area contributed by atoms with Gasteiger partial charge in [0.1, 0.15) is 17.1 Å². The highest BCUT2D eigenvalue weighted by Gasteiger charge is 2.17. The Morgan fingerprint density at radius 2 is 2.26 bits per heavy atom. The Morgan fingerprint density at radius 1 is 1.53 bits per heavy atom. The molecule has 4 N–H and O–H groups in total. The van der Waals surface area contributed by atoms with E-state index < -0.39 is 11.7 Å². The van der Waals surface area contributed by atoms with E-state index in [4.69, 9.17) is 10.5 Å². The molecule has 1 aromatic carbocycles. The minimum atomic E-state index is -0.450. The quantitative estimate of drug-likeness (QED) is 0.786. The van der Waals surface area contributed by atoms with E-state index in [2.05, 4.69) is 15.5 Å². The molecule has 0 fully saturated rings. The summed E-state index contributed by atoms with van der Waals surface area (Å²) in [5.41, 5.74) is 6.76. The molecule has 0 unspecified atom stereocenters. The highest BCUT2D eigenvalue weighted by Crippen LogP contribution is 2.26. The van der Waals surface area contributed by atoms with Gasteiger partial charge >= 0.3 is 0 Å². The Morgan fingerprint density at radius 3 is 2.84 bits per heavy atom. The van der Waals surface area contributed by atoms with Gasteiger partial charge in [-0.2, -0.15) is 5.10 Å². The molecule has 19 heavy (non-hydrogen) atoms. The molecular formula is C12H13FN4O2. The molecule has 0 saturated carbocycles. The van der Waals surface area contributed by atoms with Crippen molar-refractivity contribution in [1.29, 1.82) is 0 Å². The number of rotatable bonds is 3. The van der Waals surface area contributed by atoms with Crippen LogP contribution < -0.4 is 15.8 Å². The molecule has 0 aliphatic carbocycles. The molecule has 0 aliphatic rings. The number of aryl methyl sites for hydroxylation is 1. The van der Waals surface area contributed by atoms with Gasteiger partial charge in [0.05, 0.1) is 12.8 Å². The number of nitrogens with two attached hydrogens (primary N) is 1. The lowest BCUT2D eigenvalue weighted by Crippen LogP contribution is -2.15. The van der Waals surface area contributed by atoms with Crippen molar-refractivity contribution >= 4 is 17.4 Å². The molecule has 1 amide bonds. The van der Waals surface area contributed by atoms with Crippen molar-refractivity contribution in [3.63, 3.8) is 0 Å². The van der Waals surface area contributed by atoms with E-state index in [9.17, 15) is 9.18 Å². The second-order valence-corrected chi connectivity index (χ2v) is 3.91. The summed E-state index contributed by atoms with van der Waals surface area (Å²) in [5.74, 6) is -0.549. The number of halogens is 1. The van der Waals surface area contributed by atoms with Crippen LogP contribution in [0.15, 0.2) is 18.2 Å². The van der Waals surface area contributed by atoms with Crippen LogP contribution >= 0.6 is 0 Å². The minimum absolute atomic E-state index is 0.107. The van der Waals surface area contributed by atoms with E-state index in [-0.39, 0.29) is 17.1 Å². The molecule has 100 valence electrons. The zero-order chi connectivity index (χ0) is 14.0. The molecule has 2 aromatic rings. The second-order valence-electron chi connectivity index (χ2n) is 3.91. The van der Waals surface area contributed by atoms with E-state index in [1.807, 2.05) is 0 Å². The largest absolute Gasteiger partial charge is 0.494 e. The van der Waals surface area contributed by atoms with Crippen LogP contribution in [-0.4, -0.2) is 23.2 Å². The van der Waals surface area contributed by atoms with Gasteiger partial charge in [-0.15, -0.1) is 0 Å². The van der Waals surface area contributed by atoms with Gasteiger partial charge in [-0.25, -0.2) is 4.39 Å². The Hall–Kier alpha value is -2.57. The van der Waals surface area contributed by atoms with Crippen molar-refractivity contribution < 1.29 is 13.9 Å². The van der Waals surface area contributed by atoms with Gasteiger partial charge < -0.3 is 15.8 Å². The maximum Gasteiger partial charge on any atom is 0.261 e. The lowest BCUT2D eigenvalue weighted by atomic mass is 10.2. The molecular weight excluding hydrogens is 251 g/mol. The molecule has 1 aromatic heterocycles. The van der Waals surface area contributed by atoms with Crippen molar-refractivity contribution in [2.45, 2.75) is 6.92 Å². The molecule has 0 spiro atoms. The van der Waals surface area contributed by atoms with Crippen LogP contribution in [0.3, 0.4) is 0 Å². The average molecular weight is 264 g/mol. The lowest BCUT2D eigenvalue weighted by molar-refractivity contribution is 0.102. The summed E-state index contributed by atoms with van der Waals surface area (Å²) >= 11 is 0. The Labute approximate surface area is 108 Å². The number of ether oxygens (including phenoxy) is 1. The molecule has 0 bridgehead atoms. The highest BCUT2D eigenvalue weighted by molar-refractivity contribution is 6.08. The number of nitrogens with zero attached hydrogens (tertiary/aromatic N) is 1. The van der Waals surface area contributed by atoms with Crippen LogP contribution in [-0.2, 0) is 0 Å². The summed E-state index contributed by atoms with van der Waals surface area (Å²) in [7, 11) is 1.39. The smallest absolute Gasteiger partial charge is 0.261 e. The van der Waals surface area contributed by atoms with Gasteiger partial charge in [0, 0.05) is 11.8 Å². The van der Waals surface area contributed by atoms with Crippen LogP contribution in [0.4, 0.5) is 15.9 Å². The predicted octanol–water partition coefficient (Wildman–Crippen LogP) is 1.70. The summed E-state index contributed by atoms with van der Waals surface area (Å²) < 4.78 is 18.0. The van der Waals surface area contributed by atoms with Gasteiger partial charge in [-0.05, 0) is 19.1 Å². The summed E-state index contributed by atoms with van der Waals surface area (Å²) in [5, 5.41) is 8.95. The fourth-order valence-corrected chi connectivity index (χ4v) is 1.69. The molecule has 0 aliphatic heterocycles. The number of benzene rings is 1. The summed E-state index contributed by atoms with van der Waals surface area (Å²) in [6.07, 6.45) is 0. The molecule has 0 saturated heterocycles. The number of nitrogen functional groups attached to an aromatic ring is 1. The van der Waals surface area contributed by atoms with Crippen LogP contribution in [0, 0.1) is 12.7 Å². The first-order chi connectivity index (χ1) is 9.02. The molecule has 2 rings (SSSR count). The number of aromatic nitrogens is 2. The van der Waals surface area contributed by atoms with Crippen molar-refractivity contribution in [2.75, 3.05) is 18.2 Å². The molecule has 7 heteroatoms. The number of H-pyrrole nitrogens is 1. The average Bonchev–Trinajstić information content (AvgIpc) is 2.71. The van der Waals surface area contributed by atoms with E-state index in [0.717, 1.165) is 0 Å². The number of amides is 1. The third-order valence-electron chi connectivity index (χ3n) is 2.61. The number of aromatic amines is 1. The Balaban J connectivity index is 2.29. The Bertz CT molecular complexity index is 605. The number of carbonyl (C=O) groups is 1. The van der Waals surface area contributed by atoms with Crippen LogP contribution in [0.5, 0.6) is 5.75 Å². The number of anilines is 2. The topological polar surface area (TPSA) is 93.0 Å². The van der Waals surface area contributed by atoms with Crippen LogP contribution in [0.2, 0.25) is 0 Å². The molecule has 0 radical (unpaired) electrons. The SMILES string of the molecule is COc1cc(F)ccc1NC(=O)c1c(N)n[nH]c1C. The fraction of sp³-hybridized carbons (Fsp3) is 0.167. The number of hydrogen-bond donors (Lipinski definition) is 3. The molecule has 1 heterocycles. The van der Waals surface area contributed by atoms with E-state index in [1.165, 1.54) is 25.3 Å². The van der Waals surface area contributed by atoms with Crippen molar-refractivity contribution in [3.05, 3.63) is 35.3 Å². The Kier molecular flexibility index (Phi) is 3.37. The standard InChI is InChI=1S/C12H13FN4O2/c1-6-10(11(14)17-16-6)12(18)15-8-4-3-7(13)5-9(8)19-2/h3-5H,1-2H3,(H,15,18)(H3,14,16,17). The normalized spacial score (nSPS) is 10.3. The number of carbonyl (C=O) groups excluding carboxylic acids is 1. The first-order valence-electron chi connectivity index (χ1n) is 5.48. The minimum Gasteiger partial charge on any atom is -0.494 e. The van der Waals surface area contributed by atoms with Crippen LogP contribution in [0.25, 0.3) is 0 Å². The zero-order valence-corrected chi connectivity index (χ0v) is 10.5. The fourth-order valence-electron chi connectivity index (χ4n) is 1.69. The predicted molar refractivity (Wildman–Crippen MR) is 68.6 cm³/mol. The lowest BCUT2D eigenvalue weighted by Gasteiger charge is -2.10. The number of nitrogens with one attached hydrogen (secondary N) is 2. The van der Waals surface area contributed by atoms with E-state index in [1.54, 1.807) is 6.92 Å². The van der Waals surface area contributed by atoms with E-state index >= 15 is 0 Å². The van der Waals surface area contributed by atoms with E-state index in [0.29, 0.717) is 11.4 Å². The molecule has 6 nitrogen and oxygen atoms in total. The van der Waals surface area contributed by atoms with Crippen molar-refractivity contribution in [3.8, 4) is 5.75 Å². The summed E-state index contributed by atoms with van der Waals surface area (Å²) in [4.78, 5) is 12.1. The first kappa shape index (κ1) is 12.9. The monoisotopic (exact) mass is 264 g/mol. The van der Waals surface area contributed by atoms with Gasteiger partial charge in [-0.1, -0.05) is 0 Å². The first-order valence-corrected chi connectivity index (χ1v) is 5.48. The van der Waals surface area contributed by atoms with Gasteiger partial charge in [0.25, 0.3) is 5.91 Å². The van der Waals surface area contributed by atoms with Gasteiger partial charge in [0.2, 0.25) is 0 Å². The van der Waals surface area contributed by atoms with Crippen molar-refractivity contribution in [1.82, 2.24) is 10.2 Å². The summed E-state index contributed by atoms with van der Waals surface area (Å²) in [6.45, 7) is 1.68. The zero-order valence-electron chi connectivity index (χ0n) is 10.5. The highest BCUT2D eigenvalue weighted by atomic mass is 19.1. The van der Waals surface area contributed by atoms with Gasteiger partial charge in [-0.3, -0.25) is 9.89 Å². The third-order valence-corrected chi connectivity index (χ3v) is 2.61.